The van der Waals surface area contributed by atoms with E-state index < -0.39 is 0 Å². The molecule has 1 fully saturated rings. The molecule has 2 aromatic heterocycles. The molecule has 1 aliphatic rings. The molecule has 22 heavy (non-hydrogen) atoms. The van der Waals surface area contributed by atoms with Crippen LogP contribution < -0.4 is 0 Å². The van der Waals surface area contributed by atoms with E-state index >= 15 is 0 Å². The van der Waals surface area contributed by atoms with Crippen LogP contribution in [0.15, 0.2) is 18.5 Å². The van der Waals surface area contributed by atoms with Crippen molar-refractivity contribution >= 4 is 17.2 Å². The van der Waals surface area contributed by atoms with E-state index in [1.807, 2.05) is 14.0 Å². The van der Waals surface area contributed by atoms with Gasteiger partial charge in [0.2, 0.25) is 0 Å². The molecule has 0 spiro atoms. The average molecular weight is 318 g/mol. The molecule has 2 aromatic rings. The summed E-state index contributed by atoms with van der Waals surface area (Å²) in [5.41, 5.74) is 0.719. The second kappa shape index (κ2) is 6.50. The number of carbonyl (C=O) groups is 1. The molecule has 0 N–H and O–H groups in total. The molecule has 1 saturated heterocycles. The number of carbonyl (C=O) groups excluding carboxylic acids is 1. The number of hydrogen-bond acceptors (Lipinski definition) is 6. The predicted octanol–water partition coefficient (Wildman–Crippen LogP) is 2.16. The minimum atomic E-state index is -0.0207. The molecule has 1 aliphatic heterocycles. The lowest BCUT2D eigenvalue weighted by Gasteiger charge is -2.20. The second-order valence-corrected chi connectivity index (χ2v) is 6.33. The van der Waals surface area contributed by atoms with Gasteiger partial charge in [0.15, 0.2) is 10.8 Å². The number of ether oxygens (including phenoxy) is 1. The zero-order valence-electron chi connectivity index (χ0n) is 12.7. The van der Waals surface area contributed by atoms with E-state index in [1.165, 1.54) is 11.3 Å². The minimum absolute atomic E-state index is 0.0207. The van der Waals surface area contributed by atoms with Gasteiger partial charge in [-0.1, -0.05) is 0 Å². The third kappa shape index (κ3) is 3.15. The SMILES string of the molecule is Cc1nc(-c2ncccn2)sc1C(=O)N(C)CC1CCCO1. The zero-order chi connectivity index (χ0) is 15.5. The van der Waals surface area contributed by atoms with Crippen LogP contribution in [-0.2, 0) is 4.74 Å². The van der Waals surface area contributed by atoms with Gasteiger partial charge in [0, 0.05) is 32.6 Å². The standard InChI is InChI=1S/C15H18N4O2S/c1-10-12(15(20)19(2)9-11-5-3-8-21-11)22-14(18-10)13-16-6-4-7-17-13/h4,6-7,11H,3,5,8-9H2,1-2H3. The fourth-order valence-corrected chi connectivity index (χ4v) is 3.46. The smallest absolute Gasteiger partial charge is 0.265 e. The molecule has 0 bridgehead atoms. The summed E-state index contributed by atoms with van der Waals surface area (Å²) in [5.74, 6) is 0.532. The van der Waals surface area contributed by atoms with Crippen molar-refractivity contribution < 1.29 is 9.53 Å². The van der Waals surface area contributed by atoms with Gasteiger partial charge in [-0.05, 0) is 25.8 Å². The van der Waals surface area contributed by atoms with Crippen LogP contribution in [-0.4, -0.2) is 52.1 Å². The molecule has 0 aromatic carbocycles. The summed E-state index contributed by atoms with van der Waals surface area (Å²) in [6.07, 6.45) is 5.58. The molecule has 6 nitrogen and oxygen atoms in total. The Labute approximate surface area is 133 Å². The molecule has 3 rings (SSSR count). The summed E-state index contributed by atoms with van der Waals surface area (Å²) < 4.78 is 5.59. The van der Waals surface area contributed by atoms with Crippen molar-refractivity contribution in [3.8, 4) is 10.8 Å². The molecule has 1 amide bonds. The topological polar surface area (TPSA) is 68.2 Å². The van der Waals surface area contributed by atoms with E-state index in [1.54, 1.807) is 23.4 Å². The summed E-state index contributed by atoms with van der Waals surface area (Å²) >= 11 is 1.34. The van der Waals surface area contributed by atoms with Gasteiger partial charge in [-0.2, -0.15) is 0 Å². The molecular formula is C15H18N4O2S. The summed E-state index contributed by atoms with van der Waals surface area (Å²) in [4.78, 5) is 27.8. The van der Waals surface area contributed by atoms with Gasteiger partial charge in [-0.15, -0.1) is 11.3 Å². The van der Waals surface area contributed by atoms with Crippen molar-refractivity contribution in [1.82, 2.24) is 19.9 Å². The Hall–Kier alpha value is -1.86. The van der Waals surface area contributed by atoms with E-state index in [9.17, 15) is 4.79 Å². The van der Waals surface area contributed by atoms with Crippen LogP contribution in [0.1, 0.15) is 28.2 Å². The first kappa shape index (κ1) is 15.1. The summed E-state index contributed by atoms with van der Waals surface area (Å²) in [5, 5.41) is 0.673. The lowest BCUT2D eigenvalue weighted by atomic mass is 10.2. The number of nitrogens with zero attached hydrogens (tertiary/aromatic N) is 4. The van der Waals surface area contributed by atoms with Gasteiger partial charge in [-0.3, -0.25) is 4.79 Å². The van der Waals surface area contributed by atoms with E-state index in [0.29, 0.717) is 22.3 Å². The summed E-state index contributed by atoms with van der Waals surface area (Å²) in [7, 11) is 1.81. The number of amides is 1. The normalized spacial score (nSPS) is 17.6. The van der Waals surface area contributed by atoms with Crippen LogP contribution in [0.4, 0.5) is 0 Å². The van der Waals surface area contributed by atoms with Crippen molar-refractivity contribution in [3.63, 3.8) is 0 Å². The third-order valence-electron chi connectivity index (χ3n) is 3.60. The van der Waals surface area contributed by atoms with E-state index in [0.717, 1.165) is 25.1 Å². The number of hydrogen-bond donors (Lipinski definition) is 0. The molecule has 0 radical (unpaired) electrons. The highest BCUT2D eigenvalue weighted by Gasteiger charge is 2.24. The summed E-state index contributed by atoms with van der Waals surface area (Å²) in [6, 6.07) is 1.76. The van der Waals surface area contributed by atoms with Gasteiger partial charge in [0.1, 0.15) is 4.88 Å². The van der Waals surface area contributed by atoms with E-state index in [2.05, 4.69) is 15.0 Å². The Morgan fingerprint density at radius 2 is 2.23 bits per heavy atom. The fourth-order valence-electron chi connectivity index (χ4n) is 2.45. The van der Waals surface area contributed by atoms with Crippen molar-refractivity contribution in [2.45, 2.75) is 25.9 Å². The first-order chi connectivity index (χ1) is 10.6. The highest BCUT2D eigenvalue weighted by atomic mass is 32.1. The molecule has 116 valence electrons. The molecule has 3 heterocycles. The number of aryl methyl sites for hydroxylation is 1. The van der Waals surface area contributed by atoms with E-state index in [4.69, 9.17) is 4.74 Å². The third-order valence-corrected chi connectivity index (χ3v) is 4.74. The first-order valence-corrected chi connectivity index (χ1v) is 8.08. The maximum Gasteiger partial charge on any atom is 0.265 e. The van der Waals surface area contributed by atoms with Gasteiger partial charge in [0.05, 0.1) is 11.8 Å². The van der Waals surface area contributed by atoms with Gasteiger partial charge < -0.3 is 9.64 Å². The number of likely N-dealkylation sites (N-methyl/N-ethyl adjacent to an activating group) is 1. The van der Waals surface area contributed by atoms with Crippen LogP contribution in [0.2, 0.25) is 0 Å². The number of rotatable bonds is 4. The van der Waals surface area contributed by atoms with Gasteiger partial charge in [0.25, 0.3) is 5.91 Å². The lowest BCUT2D eigenvalue weighted by Crippen LogP contribution is -2.33. The Morgan fingerprint density at radius 1 is 1.45 bits per heavy atom. The molecule has 0 saturated carbocycles. The van der Waals surface area contributed by atoms with Gasteiger partial charge in [-0.25, -0.2) is 15.0 Å². The largest absolute Gasteiger partial charge is 0.376 e. The molecule has 1 atom stereocenters. The predicted molar refractivity (Wildman–Crippen MR) is 83.8 cm³/mol. The van der Waals surface area contributed by atoms with Gasteiger partial charge >= 0.3 is 0 Å². The quantitative estimate of drug-likeness (QED) is 0.864. The summed E-state index contributed by atoms with van der Waals surface area (Å²) in [6.45, 7) is 3.26. The molecular weight excluding hydrogens is 300 g/mol. The first-order valence-electron chi connectivity index (χ1n) is 7.27. The Kier molecular flexibility index (Phi) is 4.44. The van der Waals surface area contributed by atoms with Crippen LogP contribution in [0.25, 0.3) is 10.8 Å². The van der Waals surface area contributed by atoms with E-state index in [-0.39, 0.29) is 12.0 Å². The van der Waals surface area contributed by atoms with Crippen LogP contribution >= 0.6 is 11.3 Å². The van der Waals surface area contributed by atoms with Crippen LogP contribution in [0.5, 0.6) is 0 Å². The average Bonchev–Trinajstić information content (AvgIpc) is 3.17. The Balaban J connectivity index is 1.76. The molecule has 0 aliphatic carbocycles. The molecule has 1 unspecified atom stereocenters. The van der Waals surface area contributed by atoms with Crippen LogP contribution in [0, 0.1) is 6.92 Å². The van der Waals surface area contributed by atoms with Crippen LogP contribution in [0.3, 0.4) is 0 Å². The van der Waals surface area contributed by atoms with Crippen molar-refractivity contribution in [3.05, 3.63) is 29.0 Å². The zero-order valence-corrected chi connectivity index (χ0v) is 13.5. The number of aromatic nitrogens is 3. The van der Waals surface area contributed by atoms with Crippen molar-refractivity contribution in [1.29, 1.82) is 0 Å². The lowest BCUT2D eigenvalue weighted by molar-refractivity contribution is 0.0590. The Morgan fingerprint density at radius 3 is 2.91 bits per heavy atom. The highest BCUT2D eigenvalue weighted by Crippen LogP contribution is 2.26. The number of thiazole rings is 1. The fraction of sp³-hybridized carbons (Fsp3) is 0.467. The minimum Gasteiger partial charge on any atom is -0.376 e. The molecule has 7 heteroatoms. The maximum atomic E-state index is 12.6. The van der Waals surface area contributed by atoms with Crippen molar-refractivity contribution in [2.75, 3.05) is 20.2 Å². The maximum absolute atomic E-state index is 12.6. The monoisotopic (exact) mass is 318 g/mol. The second-order valence-electron chi connectivity index (χ2n) is 5.33. The highest BCUT2D eigenvalue weighted by molar-refractivity contribution is 7.17. The Bertz CT molecular complexity index is 653. The van der Waals surface area contributed by atoms with Crippen molar-refractivity contribution in [2.24, 2.45) is 0 Å².